The Morgan fingerprint density at radius 1 is 1.04 bits per heavy atom. The minimum absolute atomic E-state index is 0.0613. The molecule has 0 rings (SSSR count). The molecule has 0 fully saturated rings. The maximum absolute atomic E-state index is 11.0. The number of halogens is 1. The van der Waals surface area contributed by atoms with Crippen LogP contribution in [0, 0.1) is 0 Å². The number of alkyl halides is 1. The van der Waals surface area contributed by atoms with E-state index in [-0.39, 0.29) is 5.91 Å². The average molecular weight is 451 g/mol. The van der Waals surface area contributed by atoms with Gasteiger partial charge in [0.2, 0.25) is 5.91 Å². The van der Waals surface area contributed by atoms with Gasteiger partial charge < -0.3 is 15.2 Å². The molecular formula is C20H39BrN2O4. The molecule has 3 N–H and O–H groups in total. The summed E-state index contributed by atoms with van der Waals surface area (Å²) in [6.45, 7) is 3.88. The smallest absolute Gasteiger partial charge is 0.230 e. The van der Waals surface area contributed by atoms with E-state index < -0.39 is 6.23 Å². The number of aliphatic hydroxyl groups is 1. The van der Waals surface area contributed by atoms with Crippen molar-refractivity contribution in [3.05, 3.63) is 12.2 Å². The molecule has 1 atom stereocenters. The highest BCUT2D eigenvalue weighted by Gasteiger charge is 1.98. The second-order valence-electron chi connectivity index (χ2n) is 6.55. The molecule has 1 unspecified atom stereocenters. The van der Waals surface area contributed by atoms with Gasteiger partial charge in [0, 0.05) is 6.54 Å². The summed E-state index contributed by atoms with van der Waals surface area (Å²) in [5.74, 6) is -0.0613. The van der Waals surface area contributed by atoms with Crippen LogP contribution in [0.15, 0.2) is 12.2 Å². The average Bonchev–Trinajstić information content (AvgIpc) is 2.67. The predicted molar refractivity (Wildman–Crippen MR) is 114 cm³/mol. The number of hydroxylamine groups is 1. The lowest BCUT2D eigenvalue weighted by Crippen LogP contribution is -2.30. The Morgan fingerprint density at radius 2 is 1.70 bits per heavy atom. The van der Waals surface area contributed by atoms with Crippen LogP contribution in [0.4, 0.5) is 0 Å². The second kappa shape index (κ2) is 21.8. The number of unbranched alkanes of at least 4 members (excludes halogenated alkanes) is 9. The first kappa shape index (κ1) is 26.5. The van der Waals surface area contributed by atoms with Gasteiger partial charge in [0.05, 0.1) is 25.2 Å². The molecule has 0 bridgehead atoms. The Labute approximate surface area is 173 Å². The van der Waals surface area contributed by atoms with E-state index in [1.54, 1.807) is 6.08 Å². The molecule has 0 radical (unpaired) electrons. The minimum atomic E-state index is -0.804. The quantitative estimate of drug-likeness (QED) is 0.0862. The fraction of sp³-hybridized carbons (Fsp3) is 0.850. The maximum atomic E-state index is 11.0. The monoisotopic (exact) mass is 450 g/mol. The highest BCUT2D eigenvalue weighted by atomic mass is 79.9. The van der Waals surface area contributed by atoms with Gasteiger partial charge in [0.15, 0.2) is 0 Å². The van der Waals surface area contributed by atoms with Gasteiger partial charge in [-0.15, -0.1) is 0 Å². The van der Waals surface area contributed by atoms with Crippen molar-refractivity contribution < 1.29 is 19.5 Å². The summed E-state index contributed by atoms with van der Waals surface area (Å²) < 4.78 is 5.29. The van der Waals surface area contributed by atoms with Crippen molar-refractivity contribution in [2.24, 2.45) is 0 Å². The second-order valence-corrected chi connectivity index (χ2v) is 7.11. The van der Waals surface area contributed by atoms with E-state index in [0.717, 1.165) is 6.42 Å². The molecule has 7 heteroatoms. The van der Waals surface area contributed by atoms with Gasteiger partial charge in [-0.2, -0.15) is 5.48 Å². The fourth-order valence-electron chi connectivity index (χ4n) is 2.49. The molecule has 0 aromatic rings. The summed E-state index contributed by atoms with van der Waals surface area (Å²) in [5, 5.41) is 12.7. The summed E-state index contributed by atoms with van der Waals surface area (Å²) in [6, 6.07) is 0. The van der Waals surface area contributed by atoms with E-state index in [1.165, 1.54) is 57.8 Å². The van der Waals surface area contributed by atoms with E-state index >= 15 is 0 Å². The van der Waals surface area contributed by atoms with Crippen LogP contribution in [0.3, 0.4) is 0 Å². The molecule has 0 heterocycles. The third-order valence-corrected chi connectivity index (χ3v) is 4.53. The minimum Gasteiger partial charge on any atom is -0.377 e. The number of carbonyl (C=O) groups is 1. The highest BCUT2D eigenvalue weighted by Crippen LogP contribution is 2.10. The Kier molecular flexibility index (Phi) is 21.4. The Balaban J connectivity index is 3.28. The van der Waals surface area contributed by atoms with Crippen LogP contribution in [0.1, 0.15) is 71.1 Å². The lowest BCUT2D eigenvalue weighted by Gasteiger charge is -2.09. The summed E-state index contributed by atoms with van der Waals surface area (Å²) >= 11 is 3.07. The summed E-state index contributed by atoms with van der Waals surface area (Å²) in [4.78, 5) is 16.1. The molecule has 0 saturated heterocycles. The summed E-state index contributed by atoms with van der Waals surface area (Å²) in [5.41, 5.74) is 2.55. The van der Waals surface area contributed by atoms with Crippen molar-refractivity contribution in [1.29, 1.82) is 0 Å². The normalized spacial score (nSPS) is 12.6. The molecule has 0 aromatic heterocycles. The van der Waals surface area contributed by atoms with Gasteiger partial charge in [0.1, 0.15) is 6.23 Å². The molecule has 0 aliphatic rings. The molecule has 6 nitrogen and oxygen atoms in total. The van der Waals surface area contributed by atoms with Gasteiger partial charge in [-0.25, -0.2) is 0 Å². The van der Waals surface area contributed by atoms with Crippen LogP contribution in [0.25, 0.3) is 0 Å². The third-order valence-electron chi connectivity index (χ3n) is 4.02. The first-order valence-corrected chi connectivity index (χ1v) is 11.4. The first-order valence-electron chi connectivity index (χ1n) is 10.3. The first-order chi connectivity index (χ1) is 13.2. The van der Waals surface area contributed by atoms with Crippen LogP contribution in [0.5, 0.6) is 0 Å². The summed E-state index contributed by atoms with van der Waals surface area (Å²) in [6.07, 6.45) is 15.8. The number of aliphatic hydroxyl groups excluding tert-OH is 1. The molecular weight excluding hydrogens is 412 g/mol. The zero-order valence-corrected chi connectivity index (χ0v) is 18.5. The largest absolute Gasteiger partial charge is 0.377 e. The van der Waals surface area contributed by atoms with E-state index in [2.05, 4.69) is 33.7 Å². The fourth-order valence-corrected chi connectivity index (χ4v) is 2.69. The van der Waals surface area contributed by atoms with Crippen LogP contribution >= 0.6 is 15.9 Å². The molecule has 1 amide bonds. The highest BCUT2D eigenvalue weighted by molar-refractivity contribution is 9.09. The number of ether oxygens (including phenoxy) is 1. The van der Waals surface area contributed by atoms with Gasteiger partial charge in [-0.3, -0.25) is 9.63 Å². The molecule has 0 saturated carbocycles. The SMILES string of the molecule is CCCCCCCCCCC/C=C/C(O)NOCCOCCNC(=O)CBr. The van der Waals surface area contributed by atoms with Crippen LogP contribution in [-0.4, -0.2) is 48.9 Å². The number of hydrogen-bond acceptors (Lipinski definition) is 5. The van der Waals surface area contributed by atoms with Crippen molar-refractivity contribution in [2.75, 3.05) is 31.7 Å². The van der Waals surface area contributed by atoms with Gasteiger partial charge in [0.25, 0.3) is 0 Å². The Bertz CT molecular complexity index is 357. The summed E-state index contributed by atoms with van der Waals surface area (Å²) in [7, 11) is 0. The van der Waals surface area contributed by atoms with Crippen molar-refractivity contribution in [2.45, 2.75) is 77.4 Å². The lowest BCUT2D eigenvalue weighted by molar-refractivity contribution is -0.118. The molecule has 0 aliphatic heterocycles. The standard InChI is InChI=1S/C20H39BrN2O4/c1-2-3-4-5-6-7-8-9-10-11-12-13-19(24)23-27-17-16-26-15-14-22-20(25)18-21/h12-13,19,23-24H,2-11,14-18H2,1H3,(H,22,25)/b13-12+. The van der Waals surface area contributed by atoms with Crippen molar-refractivity contribution in [3.8, 4) is 0 Å². The Hall–Kier alpha value is -0.470. The number of nitrogens with one attached hydrogen (secondary N) is 2. The predicted octanol–water partition coefficient (Wildman–Crippen LogP) is 3.83. The van der Waals surface area contributed by atoms with Crippen molar-refractivity contribution in [3.63, 3.8) is 0 Å². The van der Waals surface area contributed by atoms with Gasteiger partial charge in [-0.1, -0.05) is 80.3 Å². The zero-order valence-electron chi connectivity index (χ0n) is 16.9. The van der Waals surface area contributed by atoms with E-state index in [9.17, 15) is 9.90 Å². The number of rotatable bonds is 20. The van der Waals surface area contributed by atoms with Crippen LogP contribution < -0.4 is 10.8 Å². The van der Waals surface area contributed by atoms with Crippen molar-refractivity contribution in [1.82, 2.24) is 10.8 Å². The maximum Gasteiger partial charge on any atom is 0.230 e. The number of carbonyl (C=O) groups excluding carboxylic acids is 1. The van der Waals surface area contributed by atoms with Crippen molar-refractivity contribution >= 4 is 21.8 Å². The van der Waals surface area contributed by atoms with E-state index in [0.29, 0.717) is 31.7 Å². The Morgan fingerprint density at radius 3 is 2.37 bits per heavy atom. The number of hydrogen-bond donors (Lipinski definition) is 3. The number of allylic oxidation sites excluding steroid dienone is 1. The zero-order chi connectivity index (χ0) is 20.0. The third kappa shape index (κ3) is 21.7. The lowest BCUT2D eigenvalue weighted by atomic mass is 10.1. The molecule has 0 aliphatic carbocycles. The molecule has 27 heavy (non-hydrogen) atoms. The van der Waals surface area contributed by atoms with E-state index in [1.807, 2.05) is 6.08 Å². The molecule has 0 aromatic carbocycles. The molecule has 0 spiro atoms. The van der Waals surface area contributed by atoms with Crippen LogP contribution in [-0.2, 0) is 14.4 Å². The van der Waals surface area contributed by atoms with Gasteiger partial charge in [-0.05, 0) is 18.9 Å². The van der Waals surface area contributed by atoms with Gasteiger partial charge >= 0.3 is 0 Å². The topological polar surface area (TPSA) is 79.8 Å². The van der Waals surface area contributed by atoms with E-state index in [4.69, 9.17) is 9.57 Å². The number of amides is 1. The molecule has 160 valence electrons. The van der Waals surface area contributed by atoms with Crippen LogP contribution in [0.2, 0.25) is 0 Å².